The molecular weight excluding hydrogens is 122 g/mol. The van der Waals surface area contributed by atoms with Crippen LogP contribution in [0.5, 0.6) is 0 Å². The lowest BCUT2D eigenvalue weighted by atomic mass is 10.2. The summed E-state index contributed by atoms with van der Waals surface area (Å²) in [6.07, 6.45) is 0.817. The summed E-state index contributed by atoms with van der Waals surface area (Å²) in [5.74, 6) is 0. The Bertz CT molecular complexity index is 240. The maximum absolute atomic E-state index is 3.78. The van der Waals surface area contributed by atoms with Gasteiger partial charge in [-0.3, -0.25) is 0 Å². The maximum atomic E-state index is 3.78. The number of rotatable bonds is 1. The molecule has 1 aromatic rings. The van der Waals surface area contributed by atoms with Crippen molar-refractivity contribution in [3.8, 4) is 6.07 Å². The molecule has 0 spiro atoms. The van der Waals surface area contributed by atoms with Crippen molar-refractivity contribution in [2.24, 2.45) is 0 Å². The van der Waals surface area contributed by atoms with E-state index >= 15 is 0 Å². The lowest BCUT2D eigenvalue weighted by Crippen LogP contribution is -1.77. The van der Waals surface area contributed by atoms with E-state index in [9.17, 15) is 0 Å². The topological polar surface area (TPSA) is 4.36 Å². The van der Waals surface area contributed by atoms with Crippen molar-refractivity contribution in [3.63, 3.8) is 0 Å². The average molecular weight is 132 g/mol. The summed E-state index contributed by atoms with van der Waals surface area (Å²) in [5.41, 5.74) is 1.26. The molecule has 0 radical (unpaired) electrons. The molecule has 1 heteroatoms. The van der Waals surface area contributed by atoms with Crippen molar-refractivity contribution in [2.45, 2.75) is 6.42 Å². The van der Waals surface area contributed by atoms with Crippen LogP contribution in [0.15, 0.2) is 30.3 Å². The van der Waals surface area contributed by atoms with Crippen LogP contribution in [-0.4, -0.2) is 7.05 Å². The van der Waals surface area contributed by atoms with Gasteiger partial charge in [0, 0.05) is 0 Å². The Morgan fingerprint density at radius 3 is 2.60 bits per heavy atom. The lowest BCUT2D eigenvalue weighted by Gasteiger charge is -1.86. The normalized spacial score (nSPS) is 8.10. The highest BCUT2D eigenvalue weighted by atomic mass is 14.6. The van der Waals surface area contributed by atoms with Crippen LogP contribution < -0.4 is 0 Å². The van der Waals surface area contributed by atoms with Gasteiger partial charge in [0.2, 0.25) is 0 Å². The molecule has 0 saturated heterocycles. The van der Waals surface area contributed by atoms with Gasteiger partial charge in [-0.05, 0) is 5.56 Å². The highest BCUT2D eigenvalue weighted by Gasteiger charge is 1.89. The Labute approximate surface area is 61.1 Å². The second-order valence-corrected chi connectivity index (χ2v) is 2.04. The van der Waals surface area contributed by atoms with Gasteiger partial charge < -0.3 is 0 Å². The molecule has 1 rings (SSSR count). The van der Waals surface area contributed by atoms with Crippen LogP contribution in [0.4, 0.5) is 0 Å². The van der Waals surface area contributed by atoms with Gasteiger partial charge in [-0.25, -0.2) is 0 Å². The van der Waals surface area contributed by atoms with Crippen LogP contribution in [-0.2, 0) is 6.42 Å². The zero-order valence-electron chi connectivity index (χ0n) is 6.04. The van der Waals surface area contributed by atoms with Crippen LogP contribution in [0, 0.1) is 6.07 Å². The Morgan fingerprint density at radius 2 is 2.00 bits per heavy atom. The number of hydrogen-bond donors (Lipinski definition) is 0. The van der Waals surface area contributed by atoms with E-state index in [0.29, 0.717) is 0 Å². The molecule has 0 aliphatic heterocycles. The molecule has 0 atom stereocenters. The molecule has 0 unspecified atom stereocenters. The third-order valence-electron chi connectivity index (χ3n) is 1.28. The van der Waals surface area contributed by atoms with E-state index in [2.05, 4.69) is 23.0 Å². The third-order valence-corrected chi connectivity index (χ3v) is 1.28. The number of hydrogen-bond acceptors (Lipinski definition) is 0. The smallest absolute Gasteiger partial charge is 0.0867 e. The highest BCUT2D eigenvalue weighted by Crippen LogP contribution is 1.97. The second kappa shape index (κ2) is 3.68. The minimum absolute atomic E-state index is 0.817. The molecule has 1 aromatic carbocycles. The summed E-state index contributed by atoms with van der Waals surface area (Å²) in [6, 6.07) is 13.1. The minimum atomic E-state index is 0.817. The molecular formula is C9H10N+. The Morgan fingerprint density at radius 1 is 1.30 bits per heavy atom. The summed E-state index contributed by atoms with van der Waals surface area (Å²) < 4.78 is 0. The zero-order valence-corrected chi connectivity index (χ0v) is 6.04. The quantitative estimate of drug-likeness (QED) is 0.551. The molecule has 0 amide bonds. The molecule has 0 N–H and O–H groups in total. The van der Waals surface area contributed by atoms with Gasteiger partial charge in [0.1, 0.15) is 6.42 Å². The minimum Gasteiger partial charge on any atom is -0.0867 e. The van der Waals surface area contributed by atoms with Crippen LogP contribution in [0.1, 0.15) is 5.56 Å². The van der Waals surface area contributed by atoms with E-state index < -0.39 is 0 Å². The van der Waals surface area contributed by atoms with Gasteiger partial charge >= 0.3 is 0 Å². The largest absolute Gasteiger partial charge is 0.277 e. The Hall–Kier alpha value is -1.29. The van der Waals surface area contributed by atoms with Gasteiger partial charge in [-0.15, -0.1) is 0 Å². The third kappa shape index (κ3) is 1.91. The molecule has 0 bridgehead atoms. The molecule has 1 nitrogen and oxygen atoms in total. The fraction of sp³-hybridized carbons (Fsp3) is 0.222. The fourth-order valence-electron chi connectivity index (χ4n) is 0.766. The average Bonchev–Trinajstić information content (AvgIpc) is 2.03. The molecule has 50 valence electrons. The molecule has 0 saturated carbocycles. The van der Waals surface area contributed by atoms with Gasteiger partial charge in [-0.2, -0.15) is 0 Å². The summed E-state index contributed by atoms with van der Waals surface area (Å²) in [7, 11) is 1.74. The first-order valence-corrected chi connectivity index (χ1v) is 3.29. The van der Waals surface area contributed by atoms with E-state index in [-0.39, 0.29) is 0 Å². The summed E-state index contributed by atoms with van der Waals surface area (Å²) in [6.45, 7) is 0. The monoisotopic (exact) mass is 132 g/mol. The highest BCUT2D eigenvalue weighted by molar-refractivity contribution is 5.18. The fourth-order valence-corrected chi connectivity index (χ4v) is 0.766. The van der Waals surface area contributed by atoms with Crippen molar-refractivity contribution in [2.75, 3.05) is 7.05 Å². The molecule has 10 heavy (non-hydrogen) atoms. The zero-order chi connectivity index (χ0) is 7.23. The van der Waals surface area contributed by atoms with Gasteiger partial charge in [0.15, 0.2) is 0 Å². The molecule has 0 heterocycles. The SMILES string of the molecule is C[N+]#CCc1ccccc1. The standard InChI is InChI=1S/C9H10N/c1-10-8-7-9-5-3-2-4-6-9/h2-6H,7H2,1H3/q+1. The lowest BCUT2D eigenvalue weighted by molar-refractivity contribution is 1.31. The predicted molar refractivity (Wildman–Crippen MR) is 43.3 cm³/mol. The van der Waals surface area contributed by atoms with Crippen LogP contribution in [0.25, 0.3) is 4.85 Å². The van der Waals surface area contributed by atoms with Crippen molar-refractivity contribution in [1.82, 2.24) is 0 Å². The summed E-state index contributed by atoms with van der Waals surface area (Å²) >= 11 is 0. The van der Waals surface area contributed by atoms with E-state index in [1.54, 1.807) is 7.05 Å². The van der Waals surface area contributed by atoms with E-state index in [4.69, 9.17) is 0 Å². The molecule has 0 aliphatic carbocycles. The molecule has 0 fully saturated rings. The van der Waals surface area contributed by atoms with E-state index in [0.717, 1.165) is 6.42 Å². The van der Waals surface area contributed by atoms with Crippen molar-refractivity contribution >= 4 is 0 Å². The molecule has 0 aromatic heterocycles. The Kier molecular flexibility index (Phi) is 2.51. The number of benzene rings is 1. The van der Waals surface area contributed by atoms with Crippen molar-refractivity contribution < 1.29 is 0 Å². The van der Waals surface area contributed by atoms with Crippen molar-refractivity contribution in [1.29, 1.82) is 0 Å². The van der Waals surface area contributed by atoms with Crippen LogP contribution in [0.2, 0.25) is 0 Å². The van der Waals surface area contributed by atoms with E-state index in [1.165, 1.54) is 5.56 Å². The maximum Gasteiger partial charge on any atom is 0.277 e. The van der Waals surface area contributed by atoms with E-state index in [1.807, 2.05) is 18.2 Å². The Balaban J connectivity index is 2.64. The van der Waals surface area contributed by atoms with Gasteiger partial charge in [0.25, 0.3) is 13.1 Å². The predicted octanol–water partition coefficient (Wildman–Crippen LogP) is 2.19. The van der Waals surface area contributed by atoms with Gasteiger partial charge in [0.05, 0.1) is 0 Å². The van der Waals surface area contributed by atoms with Gasteiger partial charge in [-0.1, -0.05) is 35.2 Å². The first-order chi connectivity index (χ1) is 4.93. The second-order valence-electron chi connectivity index (χ2n) is 2.04. The summed E-state index contributed by atoms with van der Waals surface area (Å²) in [5, 5.41) is 0. The van der Waals surface area contributed by atoms with Crippen LogP contribution >= 0.6 is 0 Å². The van der Waals surface area contributed by atoms with Crippen LogP contribution in [0.3, 0.4) is 0 Å². The molecule has 0 aliphatic rings. The van der Waals surface area contributed by atoms with Crippen molar-refractivity contribution in [3.05, 3.63) is 40.7 Å². The first-order valence-electron chi connectivity index (χ1n) is 3.29. The number of nitrogens with zero attached hydrogens (tertiary/aromatic N) is 1. The summed E-state index contributed by atoms with van der Waals surface area (Å²) in [4.78, 5) is 3.78. The first kappa shape index (κ1) is 6.82.